The molecule has 1 amide bonds. The molecule has 0 unspecified atom stereocenters. The van der Waals surface area contributed by atoms with Crippen LogP contribution in [0.25, 0.3) is 0 Å². The fraction of sp³-hybridized carbons (Fsp3) is 0.900. The molecule has 0 radical (unpaired) electrons. The third-order valence-electron chi connectivity index (χ3n) is 2.35. The van der Waals surface area contributed by atoms with Gasteiger partial charge in [0, 0.05) is 19.6 Å². The Morgan fingerprint density at radius 1 is 1.50 bits per heavy atom. The summed E-state index contributed by atoms with van der Waals surface area (Å²) in [6, 6.07) is -0.507. The maximum atomic E-state index is 11.9. The highest BCUT2D eigenvalue weighted by Gasteiger charge is 2.19. The number of hydrogen-bond donors (Lipinski definition) is 4. The second-order valence-corrected chi connectivity index (χ2v) is 3.69. The molecule has 0 aliphatic heterocycles. The van der Waals surface area contributed by atoms with E-state index < -0.39 is 6.04 Å². The molecular formula is C10H24N4O2. The van der Waals surface area contributed by atoms with Crippen molar-refractivity contribution in [2.45, 2.75) is 18.9 Å². The Balaban J connectivity index is 4.12. The molecule has 1 atom stereocenters. The van der Waals surface area contributed by atoms with E-state index >= 15 is 0 Å². The van der Waals surface area contributed by atoms with Crippen LogP contribution in [0.3, 0.4) is 0 Å². The predicted molar refractivity (Wildman–Crippen MR) is 63.9 cm³/mol. The standard InChI is InChI=1S/C10H24N4O2/c1-13-5-6-14(7-8-15)10(16)9(12)3-2-4-11/h9,13,15H,2-8,11-12H2,1H3/t9-/m0/s1. The second-order valence-electron chi connectivity index (χ2n) is 3.69. The number of nitrogens with one attached hydrogen (secondary N) is 1. The monoisotopic (exact) mass is 232 g/mol. The molecule has 0 spiro atoms. The minimum Gasteiger partial charge on any atom is -0.395 e. The SMILES string of the molecule is CNCCN(CCO)C(=O)[C@@H](N)CCCN. The lowest BCUT2D eigenvalue weighted by Gasteiger charge is -2.24. The van der Waals surface area contributed by atoms with Crippen LogP contribution in [0, 0.1) is 0 Å². The number of hydrogen-bond acceptors (Lipinski definition) is 5. The maximum absolute atomic E-state index is 11.9. The molecule has 0 bridgehead atoms. The van der Waals surface area contributed by atoms with Gasteiger partial charge in [0.25, 0.3) is 0 Å². The first-order valence-electron chi connectivity index (χ1n) is 5.67. The van der Waals surface area contributed by atoms with E-state index in [0.717, 1.165) is 6.42 Å². The summed E-state index contributed by atoms with van der Waals surface area (Å²) in [5.41, 5.74) is 11.1. The van der Waals surface area contributed by atoms with Crippen LogP contribution in [0.4, 0.5) is 0 Å². The number of nitrogens with two attached hydrogens (primary N) is 2. The first-order chi connectivity index (χ1) is 7.67. The number of nitrogens with zero attached hydrogens (tertiary/aromatic N) is 1. The molecule has 0 aromatic heterocycles. The van der Waals surface area contributed by atoms with E-state index in [2.05, 4.69) is 5.32 Å². The van der Waals surface area contributed by atoms with Crippen molar-refractivity contribution in [1.29, 1.82) is 0 Å². The van der Waals surface area contributed by atoms with Gasteiger partial charge < -0.3 is 26.8 Å². The fourth-order valence-corrected chi connectivity index (χ4v) is 1.40. The summed E-state index contributed by atoms with van der Waals surface area (Å²) in [6.07, 6.45) is 1.34. The number of aliphatic hydroxyl groups excluding tert-OH is 1. The Morgan fingerprint density at radius 3 is 2.69 bits per heavy atom. The van der Waals surface area contributed by atoms with Gasteiger partial charge in [0.1, 0.15) is 0 Å². The van der Waals surface area contributed by atoms with Crippen molar-refractivity contribution in [1.82, 2.24) is 10.2 Å². The quantitative estimate of drug-likeness (QED) is 0.371. The van der Waals surface area contributed by atoms with Gasteiger partial charge in [0.2, 0.25) is 5.91 Å². The molecule has 0 aromatic rings. The van der Waals surface area contributed by atoms with Crippen molar-refractivity contribution in [3.8, 4) is 0 Å². The van der Waals surface area contributed by atoms with Gasteiger partial charge in [-0.15, -0.1) is 0 Å². The number of likely N-dealkylation sites (N-methyl/N-ethyl adjacent to an activating group) is 1. The molecule has 0 heterocycles. The third kappa shape index (κ3) is 6.02. The molecule has 6 nitrogen and oxygen atoms in total. The largest absolute Gasteiger partial charge is 0.395 e. The average Bonchev–Trinajstić information content (AvgIpc) is 2.30. The molecule has 0 saturated heterocycles. The fourth-order valence-electron chi connectivity index (χ4n) is 1.40. The summed E-state index contributed by atoms with van der Waals surface area (Å²) < 4.78 is 0. The molecule has 0 aliphatic rings. The Hall–Kier alpha value is -0.690. The van der Waals surface area contributed by atoms with Crippen molar-refractivity contribution < 1.29 is 9.90 Å². The van der Waals surface area contributed by atoms with Gasteiger partial charge in [-0.3, -0.25) is 4.79 Å². The van der Waals surface area contributed by atoms with Gasteiger partial charge in [-0.1, -0.05) is 0 Å². The van der Waals surface area contributed by atoms with Crippen LogP contribution in [0.2, 0.25) is 0 Å². The van der Waals surface area contributed by atoms with Gasteiger partial charge in [-0.25, -0.2) is 0 Å². The minimum absolute atomic E-state index is 0.0426. The van der Waals surface area contributed by atoms with Crippen LogP contribution >= 0.6 is 0 Å². The Labute approximate surface area is 97.0 Å². The smallest absolute Gasteiger partial charge is 0.239 e. The Morgan fingerprint density at radius 2 is 2.19 bits per heavy atom. The van der Waals surface area contributed by atoms with Gasteiger partial charge in [0.15, 0.2) is 0 Å². The zero-order valence-corrected chi connectivity index (χ0v) is 9.98. The van der Waals surface area contributed by atoms with E-state index in [4.69, 9.17) is 16.6 Å². The van der Waals surface area contributed by atoms with E-state index in [-0.39, 0.29) is 12.5 Å². The first kappa shape index (κ1) is 15.3. The number of carbonyl (C=O) groups is 1. The number of rotatable bonds is 9. The van der Waals surface area contributed by atoms with Crippen molar-refractivity contribution in [2.24, 2.45) is 11.5 Å². The number of carbonyl (C=O) groups excluding carboxylic acids is 1. The zero-order valence-electron chi connectivity index (χ0n) is 9.98. The van der Waals surface area contributed by atoms with E-state index in [1.807, 2.05) is 7.05 Å². The van der Waals surface area contributed by atoms with Gasteiger partial charge >= 0.3 is 0 Å². The highest BCUT2D eigenvalue weighted by atomic mass is 16.3. The molecule has 0 fully saturated rings. The summed E-state index contributed by atoms with van der Waals surface area (Å²) in [5.74, 6) is -0.113. The van der Waals surface area contributed by atoms with Crippen molar-refractivity contribution in [3.05, 3.63) is 0 Å². The summed E-state index contributed by atoms with van der Waals surface area (Å²) >= 11 is 0. The number of aliphatic hydroxyl groups is 1. The van der Waals surface area contributed by atoms with Crippen LogP contribution in [0.15, 0.2) is 0 Å². The van der Waals surface area contributed by atoms with Gasteiger partial charge in [-0.05, 0) is 26.4 Å². The highest BCUT2D eigenvalue weighted by molar-refractivity contribution is 5.81. The zero-order chi connectivity index (χ0) is 12.4. The van der Waals surface area contributed by atoms with Crippen molar-refractivity contribution in [3.63, 3.8) is 0 Å². The van der Waals surface area contributed by atoms with Crippen molar-refractivity contribution in [2.75, 3.05) is 39.8 Å². The molecule has 0 rings (SSSR count). The number of amides is 1. The Bertz CT molecular complexity index is 190. The average molecular weight is 232 g/mol. The van der Waals surface area contributed by atoms with E-state index in [1.165, 1.54) is 0 Å². The van der Waals surface area contributed by atoms with E-state index in [0.29, 0.717) is 32.6 Å². The maximum Gasteiger partial charge on any atom is 0.239 e. The Kier molecular flexibility index (Phi) is 9.12. The van der Waals surface area contributed by atoms with Crippen LogP contribution in [-0.4, -0.2) is 61.8 Å². The molecule has 6 heteroatoms. The summed E-state index contributed by atoms with van der Waals surface area (Å²) in [7, 11) is 1.82. The molecule has 16 heavy (non-hydrogen) atoms. The summed E-state index contributed by atoms with van der Waals surface area (Å²) in [6.45, 7) is 2.08. The van der Waals surface area contributed by atoms with E-state index in [9.17, 15) is 4.79 Å². The van der Waals surface area contributed by atoms with E-state index in [1.54, 1.807) is 4.90 Å². The highest BCUT2D eigenvalue weighted by Crippen LogP contribution is 1.99. The summed E-state index contributed by atoms with van der Waals surface area (Å²) in [4.78, 5) is 13.4. The lowest BCUT2D eigenvalue weighted by atomic mass is 10.1. The lowest BCUT2D eigenvalue weighted by Crippen LogP contribution is -2.47. The van der Waals surface area contributed by atoms with Crippen LogP contribution in [0.1, 0.15) is 12.8 Å². The molecule has 6 N–H and O–H groups in total. The normalized spacial score (nSPS) is 12.5. The molecular weight excluding hydrogens is 208 g/mol. The molecule has 0 aliphatic carbocycles. The van der Waals surface area contributed by atoms with Crippen molar-refractivity contribution >= 4 is 5.91 Å². The second kappa shape index (κ2) is 9.53. The third-order valence-corrected chi connectivity index (χ3v) is 2.35. The molecule has 0 saturated carbocycles. The van der Waals surface area contributed by atoms with Gasteiger partial charge in [0.05, 0.1) is 12.6 Å². The predicted octanol–water partition coefficient (Wildman–Crippen LogP) is -1.91. The van der Waals surface area contributed by atoms with Gasteiger partial charge in [-0.2, -0.15) is 0 Å². The summed E-state index contributed by atoms with van der Waals surface area (Å²) in [5, 5.41) is 11.8. The van der Waals surface area contributed by atoms with Crippen LogP contribution in [0.5, 0.6) is 0 Å². The first-order valence-corrected chi connectivity index (χ1v) is 5.67. The van der Waals surface area contributed by atoms with Crippen LogP contribution in [-0.2, 0) is 4.79 Å². The topological polar surface area (TPSA) is 105 Å². The lowest BCUT2D eigenvalue weighted by molar-refractivity contribution is -0.133. The molecule has 0 aromatic carbocycles. The minimum atomic E-state index is -0.507. The van der Waals surface area contributed by atoms with Crippen LogP contribution < -0.4 is 16.8 Å². The molecule has 96 valence electrons.